The summed E-state index contributed by atoms with van der Waals surface area (Å²) in [6.45, 7) is 4.45. The highest BCUT2D eigenvalue weighted by atomic mass is 16.2. The molecule has 2 atom stereocenters. The van der Waals surface area contributed by atoms with E-state index in [1.54, 1.807) is 9.80 Å². The molecule has 0 bridgehead atoms. The van der Waals surface area contributed by atoms with Gasteiger partial charge in [0, 0.05) is 20.1 Å². The van der Waals surface area contributed by atoms with Gasteiger partial charge in [0.15, 0.2) is 0 Å². The van der Waals surface area contributed by atoms with Crippen molar-refractivity contribution in [2.45, 2.75) is 44.7 Å². The van der Waals surface area contributed by atoms with E-state index in [0.29, 0.717) is 0 Å². The number of nitrogens with zero attached hydrogens (tertiary/aromatic N) is 2. The van der Waals surface area contributed by atoms with Gasteiger partial charge in [-0.25, -0.2) is 0 Å². The van der Waals surface area contributed by atoms with Gasteiger partial charge in [-0.15, -0.1) is 0 Å². The number of likely N-dealkylation sites (N-methyl/N-ethyl adjacent to an activating group) is 1. The highest BCUT2D eigenvalue weighted by molar-refractivity contribution is 5.91. The lowest BCUT2D eigenvalue weighted by Gasteiger charge is -2.35. The van der Waals surface area contributed by atoms with Crippen molar-refractivity contribution in [3.05, 3.63) is 0 Å². The number of nitrogens with one attached hydrogen (secondary N) is 1. The Morgan fingerprint density at radius 2 is 2.00 bits per heavy atom. The van der Waals surface area contributed by atoms with Crippen LogP contribution in [0.3, 0.4) is 0 Å². The summed E-state index contributed by atoms with van der Waals surface area (Å²) in [4.78, 5) is 27.9. The first-order valence-electron chi connectivity index (χ1n) is 6.94. The van der Waals surface area contributed by atoms with E-state index in [4.69, 9.17) is 0 Å². The molecule has 0 aliphatic carbocycles. The first-order chi connectivity index (χ1) is 8.65. The zero-order valence-electron chi connectivity index (χ0n) is 11.3. The minimum absolute atomic E-state index is 0.0857. The molecule has 0 aromatic heterocycles. The molecule has 2 aliphatic rings. The van der Waals surface area contributed by atoms with Crippen LogP contribution in [-0.2, 0) is 9.59 Å². The number of likely N-dealkylation sites (tertiary alicyclic amines) is 2. The molecular weight excluding hydrogens is 230 g/mol. The average Bonchev–Trinajstić information content (AvgIpc) is 2.69. The quantitative estimate of drug-likeness (QED) is 0.779. The summed E-state index contributed by atoms with van der Waals surface area (Å²) in [7, 11) is 1.81. The van der Waals surface area contributed by atoms with Crippen LogP contribution in [0.5, 0.6) is 0 Å². The van der Waals surface area contributed by atoms with Crippen LogP contribution in [0.2, 0.25) is 0 Å². The van der Waals surface area contributed by atoms with Gasteiger partial charge in [-0.3, -0.25) is 9.59 Å². The average molecular weight is 253 g/mol. The Balaban J connectivity index is 2.00. The Bertz CT molecular complexity index is 332. The molecule has 0 aromatic rings. The van der Waals surface area contributed by atoms with Gasteiger partial charge in [-0.05, 0) is 32.2 Å². The number of hydrogen-bond acceptors (Lipinski definition) is 3. The molecule has 102 valence electrons. The van der Waals surface area contributed by atoms with Crippen LogP contribution in [0, 0.1) is 0 Å². The lowest BCUT2D eigenvalue weighted by atomic mass is 10.0. The Morgan fingerprint density at radius 3 is 2.61 bits per heavy atom. The van der Waals surface area contributed by atoms with E-state index in [-0.39, 0.29) is 23.9 Å². The van der Waals surface area contributed by atoms with Crippen molar-refractivity contribution in [2.75, 3.05) is 26.7 Å². The van der Waals surface area contributed by atoms with Crippen LogP contribution >= 0.6 is 0 Å². The highest BCUT2D eigenvalue weighted by Gasteiger charge is 2.40. The van der Waals surface area contributed by atoms with Gasteiger partial charge in [-0.2, -0.15) is 0 Å². The first kappa shape index (κ1) is 13.3. The van der Waals surface area contributed by atoms with Crippen molar-refractivity contribution >= 4 is 11.8 Å². The second-order valence-corrected chi connectivity index (χ2v) is 5.24. The fourth-order valence-corrected chi connectivity index (χ4v) is 2.81. The van der Waals surface area contributed by atoms with Crippen molar-refractivity contribution in [2.24, 2.45) is 0 Å². The zero-order valence-corrected chi connectivity index (χ0v) is 11.3. The molecule has 2 amide bonds. The fourth-order valence-electron chi connectivity index (χ4n) is 2.81. The maximum absolute atomic E-state index is 12.4. The summed E-state index contributed by atoms with van der Waals surface area (Å²) in [5, 5.41) is 3.28. The van der Waals surface area contributed by atoms with Crippen molar-refractivity contribution in [1.29, 1.82) is 0 Å². The standard InChI is InChI=1S/C13H23N3O2/c1-3-7-14-10-5-4-8-16(12(10)17)11-6-9-15(2)13(11)18/h10-11,14H,3-9H2,1-2H3. The molecule has 5 heteroatoms. The highest BCUT2D eigenvalue weighted by Crippen LogP contribution is 2.21. The first-order valence-corrected chi connectivity index (χ1v) is 6.94. The minimum Gasteiger partial charge on any atom is -0.344 e. The summed E-state index contributed by atoms with van der Waals surface area (Å²) >= 11 is 0. The molecule has 0 saturated carbocycles. The van der Waals surface area contributed by atoms with E-state index >= 15 is 0 Å². The molecule has 0 spiro atoms. The molecule has 2 unspecified atom stereocenters. The molecule has 2 saturated heterocycles. The van der Waals surface area contributed by atoms with Crippen LogP contribution < -0.4 is 5.32 Å². The summed E-state index contributed by atoms with van der Waals surface area (Å²) in [6, 6.07) is -0.300. The second-order valence-electron chi connectivity index (χ2n) is 5.24. The Labute approximate surface area is 108 Å². The maximum atomic E-state index is 12.4. The summed E-state index contributed by atoms with van der Waals surface area (Å²) in [5.41, 5.74) is 0. The lowest BCUT2D eigenvalue weighted by molar-refractivity contribution is -0.145. The monoisotopic (exact) mass is 253 g/mol. The summed E-state index contributed by atoms with van der Waals surface area (Å²) in [5.74, 6) is 0.211. The van der Waals surface area contributed by atoms with E-state index in [9.17, 15) is 9.59 Å². The number of hydrogen-bond donors (Lipinski definition) is 1. The van der Waals surface area contributed by atoms with Crippen LogP contribution in [0.25, 0.3) is 0 Å². The zero-order chi connectivity index (χ0) is 13.1. The molecule has 5 nitrogen and oxygen atoms in total. The topological polar surface area (TPSA) is 52.6 Å². The van der Waals surface area contributed by atoms with Gasteiger partial charge >= 0.3 is 0 Å². The molecule has 0 radical (unpaired) electrons. The Morgan fingerprint density at radius 1 is 1.22 bits per heavy atom. The minimum atomic E-state index is -0.214. The molecule has 2 fully saturated rings. The molecule has 2 aliphatic heterocycles. The van der Waals surface area contributed by atoms with E-state index in [1.165, 1.54) is 0 Å². The van der Waals surface area contributed by atoms with Crippen molar-refractivity contribution in [3.63, 3.8) is 0 Å². The van der Waals surface area contributed by atoms with Crippen molar-refractivity contribution < 1.29 is 9.59 Å². The molecule has 2 heterocycles. The molecule has 18 heavy (non-hydrogen) atoms. The van der Waals surface area contributed by atoms with Crippen molar-refractivity contribution in [1.82, 2.24) is 15.1 Å². The van der Waals surface area contributed by atoms with E-state index in [2.05, 4.69) is 12.2 Å². The largest absolute Gasteiger partial charge is 0.344 e. The Kier molecular flexibility index (Phi) is 4.22. The van der Waals surface area contributed by atoms with Gasteiger partial charge in [0.05, 0.1) is 6.04 Å². The lowest BCUT2D eigenvalue weighted by Crippen LogP contribution is -2.55. The number of piperidine rings is 1. The molecular formula is C13H23N3O2. The summed E-state index contributed by atoms with van der Waals surface area (Å²) < 4.78 is 0. The normalized spacial score (nSPS) is 29.2. The SMILES string of the molecule is CCCNC1CCCN(C2CCN(C)C2=O)C1=O. The Hall–Kier alpha value is -1.10. The van der Waals surface area contributed by atoms with E-state index in [0.717, 1.165) is 45.3 Å². The number of carbonyl (C=O) groups excluding carboxylic acids is 2. The van der Waals surface area contributed by atoms with Crippen LogP contribution in [0.4, 0.5) is 0 Å². The maximum Gasteiger partial charge on any atom is 0.245 e. The third kappa shape index (κ3) is 2.51. The van der Waals surface area contributed by atoms with E-state index in [1.807, 2.05) is 7.05 Å². The third-order valence-electron chi connectivity index (χ3n) is 3.89. The van der Waals surface area contributed by atoms with Crippen LogP contribution in [-0.4, -0.2) is 60.4 Å². The van der Waals surface area contributed by atoms with Crippen LogP contribution in [0.15, 0.2) is 0 Å². The van der Waals surface area contributed by atoms with Gasteiger partial charge < -0.3 is 15.1 Å². The molecule has 2 rings (SSSR count). The van der Waals surface area contributed by atoms with Gasteiger partial charge in [0.2, 0.25) is 11.8 Å². The fraction of sp³-hybridized carbons (Fsp3) is 0.846. The number of amides is 2. The molecule has 1 N–H and O–H groups in total. The van der Waals surface area contributed by atoms with E-state index < -0.39 is 0 Å². The predicted molar refractivity (Wildman–Crippen MR) is 69.1 cm³/mol. The van der Waals surface area contributed by atoms with Crippen LogP contribution in [0.1, 0.15) is 32.6 Å². The van der Waals surface area contributed by atoms with Gasteiger partial charge in [0.1, 0.15) is 6.04 Å². The van der Waals surface area contributed by atoms with Gasteiger partial charge in [-0.1, -0.05) is 6.92 Å². The predicted octanol–water partition coefficient (Wildman–Crippen LogP) is 0.208. The van der Waals surface area contributed by atoms with Crippen molar-refractivity contribution in [3.8, 4) is 0 Å². The second kappa shape index (κ2) is 5.69. The number of rotatable bonds is 4. The summed E-state index contributed by atoms with van der Waals surface area (Å²) in [6.07, 6.45) is 3.68. The smallest absolute Gasteiger partial charge is 0.245 e. The number of carbonyl (C=O) groups is 2. The van der Waals surface area contributed by atoms with Gasteiger partial charge in [0.25, 0.3) is 0 Å². The third-order valence-corrected chi connectivity index (χ3v) is 3.89. The molecule has 0 aromatic carbocycles.